The van der Waals surface area contributed by atoms with E-state index in [2.05, 4.69) is 5.32 Å². The number of thiophene rings is 1. The minimum atomic E-state index is -1.06. The number of hydrogen-bond acceptors (Lipinski definition) is 4. The Morgan fingerprint density at radius 3 is 2.56 bits per heavy atom. The summed E-state index contributed by atoms with van der Waals surface area (Å²) < 4.78 is 0. The number of carboxylic acid groups (broad SMARTS) is 1. The predicted octanol–water partition coefficient (Wildman–Crippen LogP) is 3.18. The number of anilines is 1. The third-order valence-corrected chi connectivity index (χ3v) is 4.18. The van der Waals surface area contributed by atoms with Gasteiger partial charge in [-0.05, 0) is 35.6 Å². The second-order valence-corrected chi connectivity index (χ2v) is 6.93. The highest BCUT2D eigenvalue weighted by Crippen LogP contribution is 2.16. The quantitative estimate of drug-likeness (QED) is 0.794. The number of aliphatic carboxylic acids is 1. The summed E-state index contributed by atoms with van der Waals surface area (Å²) in [5.74, 6) is -1.53. The van der Waals surface area contributed by atoms with Gasteiger partial charge >= 0.3 is 5.97 Å². The molecule has 1 aromatic carbocycles. The van der Waals surface area contributed by atoms with Gasteiger partial charge in [-0.3, -0.25) is 14.4 Å². The topological polar surface area (TPSA) is 86.7 Å². The van der Waals surface area contributed by atoms with Crippen molar-refractivity contribution < 1.29 is 19.5 Å². The average Bonchev–Trinajstić information content (AvgIpc) is 3.07. The Hall–Kier alpha value is -2.67. The van der Waals surface area contributed by atoms with Crippen LogP contribution in [0.5, 0.6) is 0 Å². The van der Waals surface area contributed by atoms with Crippen LogP contribution in [0.15, 0.2) is 41.8 Å². The highest BCUT2D eigenvalue weighted by Gasteiger charge is 2.20. The highest BCUT2D eigenvalue weighted by molar-refractivity contribution is 7.12. The van der Waals surface area contributed by atoms with Crippen molar-refractivity contribution in [2.45, 2.75) is 13.8 Å². The van der Waals surface area contributed by atoms with Crippen LogP contribution in [0.4, 0.5) is 5.69 Å². The molecule has 0 aliphatic rings. The highest BCUT2D eigenvalue weighted by atomic mass is 32.1. The van der Waals surface area contributed by atoms with Crippen molar-refractivity contribution in [2.24, 2.45) is 5.92 Å². The summed E-state index contributed by atoms with van der Waals surface area (Å²) in [6.07, 6.45) is 0. The summed E-state index contributed by atoms with van der Waals surface area (Å²) in [5.41, 5.74) is 0.829. The van der Waals surface area contributed by atoms with Crippen LogP contribution in [-0.4, -0.2) is 40.9 Å². The van der Waals surface area contributed by atoms with Gasteiger partial charge in [0.15, 0.2) is 0 Å². The number of benzene rings is 1. The van der Waals surface area contributed by atoms with Crippen molar-refractivity contribution in [1.29, 1.82) is 0 Å². The SMILES string of the molecule is CC(C)CN(CC(=O)O)C(=O)c1cccc(NC(=O)c2cccs2)c1. The van der Waals surface area contributed by atoms with Crippen molar-refractivity contribution >= 4 is 34.8 Å². The van der Waals surface area contributed by atoms with E-state index in [0.717, 1.165) is 0 Å². The summed E-state index contributed by atoms with van der Waals surface area (Å²) in [7, 11) is 0. The van der Waals surface area contributed by atoms with E-state index in [1.54, 1.807) is 36.4 Å². The van der Waals surface area contributed by atoms with E-state index < -0.39 is 5.97 Å². The first-order valence-corrected chi connectivity index (χ1v) is 8.70. The van der Waals surface area contributed by atoms with Gasteiger partial charge in [0.1, 0.15) is 6.54 Å². The van der Waals surface area contributed by atoms with Gasteiger partial charge in [-0.25, -0.2) is 0 Å². The van der Waals surface area contributed by atoms with Crippen LogP contribution in [0.25, 0.3) is 0 Å². The molecule has 0 aliphatic carbocycles. The van der Waals surface area contributed by atoms with Gasteiger partial charge in [0.2, 0.25) is 0 Å². The van der Waals surface area contributed by atoms with Gasteiger partial charge in [0.05, 0.1) is 4.88 Å². The zero-order valence-corrected chi connectivity index (χ0v) is 14.9. The fourth-order valence-electron chi connectivity index (χ4n) is 2.34. The number of carboxylic acids is 1. The summed E-state index contributed by atoms with van der Waals surface area (Å²) in [6, 6.07) is 10.0. The monoisotopic (exact) mass is 360 g/mol. The third-order valence-electron chi connectivity index (χ3n) is 3.31. The molecule has 1 aromatic heterocycles. The minimum absolute atomic E-state index is 0.144. The lowest BCUT2D eigenvalue weighted by Gasteiger charge is -2.23. The van der Waals surface area contributed by atoms with Gasteiger partial charge in [-0.2, -0.15) is 0 Å². The fourth-order valence-corrected chi connectivity index (χ4v) is 2.96. The van der Waals surface area contributed by atoms with E-state index in [1.165, 1.54) is 16.2 Å². The van der Waals surface area contributed by atoms with Crippen LogP contribution in [0.3, 0.4) is 0 Å². The van der Waals surface area contributed by atoms with E-state index in [-0.39, 0.29) is 24.3 Å². The van der Waals surface area contributed by atoms with Gasteiger partial charge in [0, 0.05) is 17.8 Å². The Bertz CT molecular complexity index is 756. The molecule has 132 valence electrons. The summed E-state index contributed by atoms with van der Waals surface area (Å²) >= 11 is 1.33. The number of carbonyl (C=O) groups is 3. The van der Waals surface area contributed by atoms with Crippen LogP contribution in [0.2, 0.25) is 0 Å². The smallest absolute Gasteiger partial charge is 0.323 e. The number of carbonyl (C=O) groups excluding carboxylic acids is 2. The van der Waals surface area contributed by atoms with Gasteiger partial charge in [-0.15, -0.1) is 11.3 Å². The predicted molar refractivity (Wildman–Crippen MR) is 97.1 cm³/mol. The molecule has 25 heavy (non-hydrogen) atoms. The zero-order valence-electron chi connectivity index (χ0n) is 14.1. The van der Waals surface area contributed by atoms with E-state index in [9.17, 15) is 14.4 Å². The van der Waals surface area contributed by atoms with E-state index in [1.807, 2.05) is 19.2 Å². The van der Waals surface area contributed by atoms with Crippen LogP contribution >= 0.6 is 11.3 Å². The van der Waals surface area contributed by atoms with Crippen molar-refractivity contribution in [2.75, 3.05) is 18.4 Å². The molecule has 7 heteroatoms. The molecule has 2 aromatic rings. The fraction of sp³-hybridized carbons (Fsp3) is 0.278. The molecule has 0 saturated heterocycles. The maximum absolute atomic E-state index is 12.6. The van der Waals surface area contributed by atoms with Gasteiger partial charge in [0.25, 0.3) is 11.8 Å². The Morgan fingerprint density at radius 1 is 1.20 bits per heavy atom. The average molecular weight is 360 g/mol. The zero-order chi connectivity index (χ0) is 18.4. The standard InChI is InChI=1S/C18H20N2O4S/c1-12(2)10-20(11-16(21)22)18(24)13-5-3-6-14(9-13)19-17(23)15-7-4-8-25-15/h3-9,12H,10-11H2,1-2H3,(H,19,23)(H,21,22). The minimum Gasteiger partial charge on any atom is -0.480 e. The molecule has 0 atom stereocenters. The molecular formula is C18H20N2O4S. The number of nitrogens with one attached hydrogen (secondary N) is 1. The first-order chi connectivity index (χ1) is 11.9. The first kappa shape index (κ1) is 18.7. The Kier molecular flexibility index (Phi) is 6.30. The molecule has 0 saturated carbocycles. The van der Waals surface area contributed by atoms with Crippen LogP contribution < -0.4 is 5.32 Å². The first-order valence-electron chi connectivity index (χ1n) is 7.83. The largest absolute Gasteiger partial charge is 0.480 e. The lowest BCUT2D eigenvalue weighted by Crippen LogP contribution is -2.38. The van der Waals surface area contributed by atoms with Crippen LogP contribution in [0, 0.1) is 5.92 Å². The van der Waals surface area contributed by atoms with E-state index in [4.69, 9.17) is 5.11 Å². The van der Waals surface area contributed by atoms with Crippen molar-refractivity contribution in [3.8, 4) is 0 Å². The van der Waals surface area contributed by atoms with Gasteiger partial charge in [-0.1, -0.05) is 26.0 Å². The summed E-state index contributed by atoms with van der Waals surface area (Å²) in [4.78, 5) is 37.6. The molecule has 0 radical (unpaired) electrons. The molecule has 2 N–H and O–H groups in total. The lowest BCUT2D eigenvalue weighted by atomic mass is 10.1. The Labute approximate surface area is 150 Å². The number of rotatable bonds is 7. The van der Waals surface area contributed by atoms with Crippen LogP contribution in [0.1, 0.15) is 33.9 Å². The third kappa shape index (κ3) is 5.42. The number of amides is 2. The Balaban J connectivity index is 2.16. The van der Waals surface area contributed by atoms with E-state index >= 15 is 0 Å². The second kappa shape index (κ2) is 8.43. The normalized spacial score (nSPS) is 10.5. The van der Waals surface area contributed by atoms with Crippen molar-refractivity contribution in [3.05, 3.63) is 52.2 Å². The molecule has 2 amide bonds. The summed E-state index contributed by atoms with van der Waals surface area (Å²) in [5, 5.41) is 13.6. The van der Waals surface area contributed by atoms with Crippen LogP contribution in [-0.2, 0) is 4.79 Å². The summed E-state index contributed by atoms with van der Waals surface area (Å²) in [6.45, 7) is 3.82. The maximum Gasteiger partial charge on any atom is 0.323 e. The molecule has 0 aliphatic heterocycles. The number of hydrogen-bond donors (Lipinski definition) is 2. The molecule has 0 spiro atoms. The maximum atomic E-state index is 12.6. The molecule has 1 heterocycles. The van der Waals surface area contributed by atoms with E-state index in [0.29, 0.717) is 22.7 Å². The molecule has 0 bridgehead atoms. The number of nitrogens with zero attached hydrogens (tertiary/aromatic N) is 1. The van der Waals surface area contributed by atoms with Gasteiger partial charge < -0.3 is 15.3 Å². The second-order valence-electron chi connectivity index (χ2n) is 5.99. The molecule has 0 unspecified atom stereocenters. The lowest BCUT2D eigenvalue weighted by molar-refractivity contribution is -0.137. The molecular weight excluding hydrogens is 340 g/mol. The van der Waals surface area contributed by atoms with Crippen molar-refractivity contribution in [1.82, 2.24) is 4.90 Å². The van der Waals surface area contributed by atoms with Crippen molar-refractivity contribution in [3.63, 3.8) is 0 Å². The molecule has 2 rings (SSSR count). The molecule has 6 nitrogen and oxygen atoms in total. The molecule has 0 fully saturated rings. The Morgan fingerprint density at radius 2 is 1.96 bits per heavy atom.